The lowest BCUT2D eigenvalue weighted by Gasteiger charge is -2.30. The van der Waals surface area contributed by atoms with Gasteiger partial charge in [-0.25, -0.2) is 9.18 Å². The van der Waals surface area contributed by atoms with Crippen LogP contribution in [0.1, 0.15) is 27.1 Å². The van der Waals surface area contributed by atoms with Gasteiger partial charge in [-0.05, 0) is 48.9 Å². The molecule has 0 aromatic heterocycles. The van der Waals surface area contributed by atoms with Crippen LogP contribution in [-0.2, 0) is 4.74 Å². The smallest absolute Gasteiger partial charge is 0.321 e. The number of hydrogen-bond donors (Lipinski definition) is 2. The molecule has 11 heteroatoms. The number of urea groups is 1. The first-order valence-corrected chi connectivity index (χ1v) is 13.9. The zero-order valence-corrected chi connectivity index (χ0v) is 23.2. The van der Waals surface area contributed by atoms with Crippen LogP contribution in [0.25, 0.3) is 0 Å². The predicted molar refractivity (Wildman–Crippen MR) is 156 cm³/mol. The molecule has 3 aromatic carbocycles. The number of carbonyl (C=O) groups is 3. The average molecular weight is 580 g/mol. The van der Waals surface area contributed by atoms with Crippen molar-refractivity contribution < 1.29 is 23.5 Å². The molecule has 5 rings (SSSR count). The van der Waals surface area contributed by atoms with Crippen LogP contribution in [0.4, 0.5) is 26.2 Å². The number of nitrogens with zero attached hydrogens (tertiary/aromatic N) is 3. The first kappa shape index (κ1) is 28.4. The summed E-state index contributed by atoms with van der Waals surface area (Å²) in [4.78, 5) is 45.0. The van der Waals surface area contributed by atoms with Gasteiger partial charge in [0.25, 0.3) is 11.8 Å². The summed E-state index contributed by atoms with van der Waals surface area (Å²) in [6.45, 7) is 3.81. The second-order valence-corrected chi connectivity index (χ2v) is 10.2. The van der Waals surface area contributed by atoms with E-state index in [1.165, 1.54) is 12.1 Å². The van der Waals surface area contributed by atoms with E-state index < -0.39 is 5.82 Å². The number of para-hydroxylation sites is 1. The molecule has 4 amide bonds. The van der Waals surface area contributed by atoms with Gasteiger partial charge in [-0.15, -0.1) is 0 Å². The molecule has 0 saturated carbocycles. The summed E-state index contributed by atoms with van der Waals surface area (Å²) in [5, 5.41) is 5.84. The SMILES string of the molecule is O=C(Nc1ccc(N2CCCN(C(=O)Nc3ccccc3F)CC2)c(C(=O)N2CCOCC2)c1)c1ccccc1Cl. The summed E-state index contributed by atoms with van der Waals surface area (Å²) in [6, 6.07) is 17.7. The Morgan fingerprint density at radius 3 is 2.32 bits per heavy atom. The van der Waals surface area contributed by atoms with Crippen molar-refractivity contribution in [2.45, 2.75) is 6.42 Å². The molecule has 2 aliphatic heterocycles. The van der Waals surface area contributed by atoms with Crippen LogP contribution in [-0.4, -0.2) is 80.1 Å². The molecule has 2 fully saturated rings. The van der Waals surface area contributed by atoms with Gasteiger partial charge < -0.3 is 30.1 Å². The molecule has 2 heterocycles. The summed E-state index contributed by atoms with van der Waals surface area (Å²) in [7, 11) is 0. The van der Waals surface area contributed by atoms with Crippen molar-refractivity contribution >= 4 is 46.5 Å². The number of rotatable bonds is 5. The molecule has 0 atom stereocenters. The highest BCUT2D eigenvalue weighted by atomic mass is 35.5. The number of nitrogens with one attached hydrogen (secondary N) is 2. The molecule has 0 spiro atoms. The molecule has 41 heavy (non-hydrogen) atoms. The minimum absolute atomic E-state index is 0.131. The molecule has 0 unspecified atom stereocenters. The molecular formula is C30H31ClFN5O4. The summed E-state index contributed by atoms with van der Waals surface area (Å²) >= 11 is 6.21. The van der Waals surface area contributed by atoms with Crippen LogP contribution >= 0.6 is 11.6 Å². The van der Waals surface area contributed by atoms with Crippen LogP contribution < -0.4 is 15.5 Å². The predicted octanol–water partition coefficient (Wildman–Crippen LogP) is 4.95. The largest absolute Gasteiger partial charge is 0.378 e. The van der Waals surface area contributed by atoms with Crippen molar-refractivity contribution in [3.8, 4) is 0 Å². The molecule has 2 N–H and O–H groups in total. The van der Waals surface area contributed by atoms with Gasteiger partial charge in [0.2, 0.25) is 0 Å². The first-order valence-electron chi connectivity index (χ1n) is 13.5. The van der Waals surface area contributed by atoms with Crippen LogP contribution in [0.2, 0.25) is 5.02 Å². The molecule has 9 nitrogen and oxygen atoms in total. The van der Waals surface area contributed by atoms with E-state index in [2.05, 4.69) is 15.5 Å². The quantitative estimate of drug-likeness (QED) is 0.446. The third-order valence-electron chi connectivity index (χ3n) is 7.14. The number of amides is 4. The Bertz CT molecular complexity index is 1430. The fraction of sp³-hybridized carbons (Fsp3) is 0.300. The van der Waals surface area contributed by atoms with Crippen molar-refractivity contribution in [2.75, 3.05) is 68.0 Å². The molecule has 0 bridgehead atoms. The topological polar surface area (TPSA) is 94.2 Å². The Morgan fingerprint density at radius 2 is 1.54 bits per heavy atom. The second kappa shape index (κ2) is 13.0. The van der Waals surface area contributed by atoms with Crippen molar-refractivity contribution in [3.05, 3.63) is 88.7 Å². The van der Waals surface area contributed by atoms with Gasteiger partial charge in [0.05, 0.1) is 35.1 Å². The normalized spacial score (nSPS) is 15.7. The maximum atomic E-state index is 14.1. The number of anilines is 3. The molecular weight excluding hydrogens is 549 g/mol. The second-order valence-electron chi connectivity index (χ2n) is 9.81. The fourth-order valence-electron chi connectivity index (χ4n) is 4.96. The molecule has 3 aromatic rings. The zero-order valence-electron chi connectivity index (χ0n) is 22.4. The van der Waals surface area contributed by atoms with Crippen LogP contribution in [0.5, 0.6) is 0 Å². The first-order chi connectivity index (χ1) is 19.9. The maximum Gasteiger partial charge on any atom is 0.321 e. The summed E-state index contributed by atoms with van der Waals surface area (Å²) in [6.07, 6.45) is 0.654. The van der Waals surface area contributed by atoms with Gasteiger partial charge in [-0.1, -0.05) is 35.9 Å². The van der Waals surface area contributed by atoms with Crippen LogP contribution in [0, 0.1) is 5.82 Å². The Hall–Kier alpha value is -4.15. The van der Waals surface area contributed by atoms with Crippen molar-refractivity contribution in [1.29, 1.82) is 0 Å². The number of halogens is 2. The molecule has 2 saturated heterocycles. The van der Waals surface area contributed by atoms with E-state index in [0.29, 0.717) is 86.4 Å². The standard InChI is InChI=1S/C30H31ClFN5O4/c31-24-7-2-1-6-22(24)28(38)33-21-10-11-27(23(20-21)29(39)36-16-18-41-19-17-36)35-12-5-13-37(15-14-35)30(40)34-26-9-4-3-8-25(26)32/h1-4,6-11,20H,5,12-19H2,(H,33,38)(H,34,40). The highest BCUT2D eigenvalue weighted by Crippen LogP contribution is 2.28. The number of ether oxygens (including phenoxy) is 1. The van der Waals surface area contributed by atoms with E-state index in [4.69, 9.17) is 16.3 Å². The van der Waals surface area contributed by atoms with Gasteiger partial charge in [0.15, 0.2) is 0 Å². The lowest BCUT2D eigenvalue weighted by Crippen LogP contribution is -2.42. The Balaban J connectivity index is 1.36. The van der Waals surface area contributed by atoms with Crippen LogP contribution in [0.15, 0.2) is 66.7 Å². The van der Waals surface area contributed by atoms with E-state index in [-0.39, 0.29) is 23.5 Å². The highest BCUT2D eigenvalue weighted by molar-refractivity contribution is 6.34. The molecule has 0 radical (unpaired) electrons. The zero-order chi connectivity index (χ0) is 28.8. The summed E-state index contributed by atoms with van der Waals surface area (Å²) in [5.74, 6) is -1.03. The average Bonchev–Trinajstić information content (AvgIpc) is 3.25. The summed E-state index contributed by atoms with van der Waals surface area (Å²) < 4.78 is 19.5. The van der Waals surface area contributed by atoms with E-state index in [1.807, 2.05) is 6.07 Å². The fourth-order valence-corrected chi connectivity index (χ4v) is 5.18. The Kier molecular flexibility index (Phi) is 9.01. The molecule has 0 aliphatic carbocycles. The number of hydrogen-bond acceptors (Lipinski definition) is 5. The third-order valence-corrected chi connectivity index (χ3v) is 7.47. The highest BCUT2D eigenvalue weighted by Gasteiger charge is 2.27. The number of carbonyl (C=O) groups excluding carboxylic acids is 3. The lowest BCUT2D eigenvalue weighted by molar-refractivity contribution is 0.0303. The minimum Gasteiger partial charge on any atom is -0.378 e. The van der Waals surface area contributed by atoms with Gasteiger partial charge in [0, 0.05) is 50.6 Å². The number of benzene rings is 3. The Labute approximate surface area is 242 Å². The van der Waals surface area contributed by atoms with E-state index in [9.17, 15) is 18.8 Å². The summed E-state index contributed by atoms with van der Waals surface area (Å²) in [5.41, 5.74) is 2.10. The Morgan fingerprint density at radius 1 is 0.780 bits per heavy atom. The van der Waals surface area contributed by atoms with E-state index >= 15 is 0 Å². The number of morpholine rings is 1. The van der Waals surface area contributed by atoms with Gasteiger partial charge in [-0.2, -0.15) is 0 Å². The molecule has 2 aliphatic rings. The lowest BCUT2D eigenvalue weighted by atomic mass is 10.1. The van der Waals surface area contributed by atoms with E-state index in [0.717, 1.165) is 0 Å². The van der Waals surface area contributed by atoms with Crippen molar-refractivity contribution in [3.63, 3.8) is 0 Å². The van der Waals surface area contributed by atoms with Gasteiger partial charge >= 0.3 is 6.03 Å². The van der Waals surface area contributed by atoms with Gasteiger partial charge in [0.1, 0.15) is 5.82 Å². The maximum absolute atomic E-state index is 14.1. The van der Waals surface area contributed by atoms with Crippen molar-refractivity contribution in [2.24, 2.45) is 0 Å². The van der Waals surface area contributed by atoms with Gasteiger partial charge in [-0.3, -0.25) is 9.59 Å². The monoisotopic (exact) mass is 579 g/mol. The van der Waals surface area contributed by atoms with Crippen molar-refractivity contribution in [1.82, 2.24) is 9.80 Å². The molecule has 214 valence electrons. The third kappa shape index (κ3) is 6.78. The van der Waals surface area contributed by atoms with Crippen LogP contribution in [0.3, 0.4) is 0 Å². The minimum atomic E-state index is -0.495. The van der Waals surface area contributed by atoms with E-state index in [1.54, 1.807) is 58.3 Å².